The van der Waals surface area contributed by atoms with Crippen molar-refractivity contribution in [1.82, 2.24) is 5.32 Å². The molecule has 1 aliphatic carbocycles. The van der Waals surface area contributed by atoms with Gasteiger partial charge in [-0.25, -0.2) is 0 Å². The number of amides is 1. The van der Waals surface area contributed by atoms with Gasteiger partial charge in [0.2, 0.25) is 0 Å². The summed E-state index contributed by atoms with van der Waals surface area (Å²) in [5.74, 6) is 0.731. The molecule has 1 amide bonds. The first kappa shape index (κ1) is 13.9. The fourth-order valence-electron chi connectivity index (χ4n) is 1.78. The highest BCUT2D eigenvalue weighted by molar-refractivity contribution is 5.94. The van der Waals surface area contributed by atoms with E-state index in [-0.39, 0.29) is 5.91 Å². The SMILES string of the molecule is CN(C)c1ccc(C(=O)NCCOCC2CC2)cc1. The van der Waals surface area contributed by atoms with E-state index in [2.05, 4.69) is 5.32 Å². The molecular weight excluding hydrogens is 240 g/mol. The zero-order valence-corrected chi connectivity index (χ0v) is 11.7. The number of carbonyl (C=O) groups is 1. The van der Waals surface area contributed by atoms with Gasteiger partial charge in [-0.2, -0.15) is 0 Å². The number of benzene rings is 1. The van der Waals surface area contributed by atoms with Crippen molar-refractivity contribution in [2.45, 2.75) is 12.8 Å². The van der Waals surface area contributed by atoms with Gasteiger partial charge in [-0.15, -0.1) is 0 Å². The minimum Gasteiger partial charge on any atom is -0.379 e. The summed E-state index contributed by atoms with van der Waals surface area (Å²) in [7, 11) is 3.96. The van der Waals surface area contributed by atoms with Gasteiger partial charge in [-0.05, 0) is 43.0 Å². The van der Waals surface area contributed by atoms with Crippen molar-refractivity contribution in [2.75, 3.05) is 38.8 Å². The summed E-state index contributed by atoms with van der Waals surface area (Å²) in [6.45, 7) is 2.01. The van der Waals surface area contributed by atoms with E-state index in [1.165, 1.54) is 12.8 Å². The third-order valence-electron chi connectivity index (χ3n) is 3.23. The molecule has 104 valence electrons. The Bertz CT molecular complexity index is 411. The molecule has 4 heteroatoms. The lowest BCUT2D eigenvalue weighted by atomic mass is 10.2. The van der Waals surface area contributed by atoms with Gasteiger partial charge in [0.15, 0.2) is 0 Å². The van der Waals surface area contributed by atoms with Crippen LogP contribution in [0.15, 0.2) is 24.3 Å². The van der Waals surface area contributed by atoms with Crippen LogP contribution in [-0.4, -0.2) is 39.8 Å². The lowest BCUT2D eigenvalue weighted by Gasteiger charge is -2.12. The molecule has 1 aromatic carbocycles. The van der Waals surface area contributed by atoms with Crippen LogP contribution in [0, 0.1) is 5.92 Å². The number of anilines is 1. The van der Waals surface area contributed by atoms with E-state index in [4.69, 9.17) is 4.74 Å². The summed E-state index contributed by atoms with van der Waals surface area (Å²) < 4.78 is 5.47. The molecule has 1 fully saturated rings. The monoisotopic (exact) mass is 262 g/mol. The molecular formula is C15H22N2O2. The van der Waals surface area contributed by atoms with Gasteiger partial charge in [0.25, 0.3) is 5.91 Å². The van der Waals surface area contributed by atoms with E-state index >= 15 is 0 Å². The fourth-order valence-corrected chi connectivity index (χ4v) is 1.78. The molecule has 0 bridgehead atoms. The molecule has 4 nitrogen and oxygen atoms in total. The Balaban J connectivity index is 1.69. The maximum Gasteiger partial charge on any atom is 0.251 e. The van der Waals surface area contributed by atoms with Gasteiger partial charge in [-0.1, -0.05) is 0 Å². The van der Waals surface area contributed by atoms with Crippen LogP contribution in [0.3, 0.4) is 0 Å². The molecule has 0 aliphatic heterocycles. The van der Waals surface area contributed by atoms with Crippen LogP contribution in [-0.2, 0) is 4.74 Å². The first-order valence-corrected chi connectivity index (χ1v) is 6.80. The molecule has 1 N–H and O–H groups in total. The zero-order chi connectivity index (χ0) is 13.7. The van der Waals surface area contributed by atoms with E-state index in [1.807, 2.05) is 43.3 Å². The quantitative estimate of drug-likeness (QED) is 0.763. The first-order valence-electron chi connectivity index (χ1n) is 6.80. The minimum absolute atomic E-state index is 0.0414. The van der Waals surface area contributed by atoms with Crippen molar-refractivity contribution in [3.8, 4) is 0 Å². The van der Waals surface area contributed by atoms with Crippen molar-refractivity contribution < 1.29 is 9.53 Å². The molecule has 19 heavy (non-hydrogen) atoms. The Morgan fingerprint density at radius 1 is 1.32 bits per heavy atom. The van der Waals surface area contributed by atoms with E-state index in [9.17, 15) is 4.79 Å². The number of ether oxygens (including phenoxy) is 1. The van der Waals surface area contributed by atoms with Crippen molar-refractivity contribution in [1.29, 1.82) is 0 Å². The predicted molar refractivity (Wildman–Crippen MR) is 76.6 cm³/mol. The van der Waals surface area contributed by atoms with E-state index in [0.717, 1.165) is 18.2 Å². The van der Waals surface area contributed by atoms with Crippen LogP contribution < -0.4 is 10.2 Å². The van der Waals surface area contributed by atoms with Gasteiger partial charge in [0.1, 0.15) is 0 Å². The zero-order valence-electron chi connectivity index (χ0n) is 11.7. The Kier molecular flexibility index (Phi) is 4.80. The van der Waals surface area contributed by atoms with Crippen LogP contribution in [0.2, 0.25) is 0 Å². The maximum absolute atomic E-state index is 11.9. The van der Waals surface area contributed by atoms with Crippen LogP contribution >= 0.6 is 0 Å². The Morgan fingerprint density at radius 2 is 2.00 bits per heavy atom. The summed E-state index contributed by atoms with van der Waals surface area (Å²) >= 11 is 0. The molecule has 1 saturated carbocycles. The molecule has 1 aromatic rings. The van der Waals surface area contributed by atoms with E-state index < -0.39 is 0 Å². The lowest BCUT2D eigenvalue weighted by Crippen LogP contribution is -2.27. The van der Waals surface area contributed by atoms with Gasteiger partial charge >= 0.3 is 0 Å². The molecule has 1 aliphatic rings. The molecule has 0 radical (unpaired) electrons. The average molecular weight is 262 g/mol. The average Bonchev–Trinajstić information content (AvgIpc) is 3.22. The molecule has 0 saturated heterocycles. The van der Waals surface area contributed by atoms with Crippen LogP contribution in [0.1, 0.15) is 23.2 Å². The van der Waals surface area contributed by atoms with Gasteiger partial charge in [0.05, 0.1) is 6.61 Å². The second kappa shape index (κ2) is 6.57. The van der Waals surface area contributed by atoms with Crippen molar-refractivity contribution in [3.05, 3.63) is 29.8 Å². The second-order valence-corrected chi connectivity index (χ2v) is 5.22. The Labute approximate surface area is 114 Å². The topological polar surface area (TPSA) is 41.6 Å². The molecule has 0 heterocycles. The Morgan fingerprint density at radius 3 is 2.58 bits per heavy atom. The third kappa shape index (κ3) is 4.56. The maximum atomic E-state index is 11.9. The number of nitrogens with one attached hydrogen (secondary N) is 1. The summed E-state index contributed by atoms with van der Waals surface area (Å²) in [4.78, 5) is 13.9. The number of hydrogen-bond donors (Lipinski definition) is 1. The van der Waals surface area contributed by atoms with E-state index in [1.54, 1.807) is 0 Å². The van der Waals surface area contributed by atoms with Crippen LogP contribution in [0.25, 0.3) is 0 Å². The van der Waals surface area contributed by atoms with Gasteiger partial charge in [-0.3, -0.25) is 4.79 Å². The smallest absolute Gasteiger partial charge is 0.251 e. The molecule has 0 aromatic heterocycles. The Hall–Kier alpha value is -1.55. The van der Waals surface area contributed by atoms with Gasteiger partial charge < -0.3 is 15.0 Å². The highest BCUT2D eigenvalue weighted by Gasteiger charge is 2.20. The predicted octanol–water partition coefficient (Wildman–Crippen LogP) is 1.91. The lowest BCUT2D eigenvalue weighted by molar-refractivity contribution is 0.0906. The molecule has 0 unspecified atom stereocenters. The molecule has 0 atom stereocenters. The van der Waals surface area contributed by atoms with E-state index in [0.29, 0.717) is 18.7 Å². The normalized spacial score (nSPS) is 14.2. The fraction of sp³-hybridized carbons (Fsp3) is 0.533. The number of rotatable bonds is 7. The van der Waals surface area contributed by atoms with Crippen molar-refractivity contribution in [2.24, 2.45) is 5.92 Å². The number of carbonyl (C=O) groups excluding carboxylic acids is 1. The number of hydrogen-bond acceptors (Lipinski definition) is 3. The summed E-state index contributed by atoms with van der Waals surface area (Å²) in [5.41, 5.74) is 1.78. The van der Waals surface area contributed by atoms with Crippen LogP contribution in [0.4, 0.5) is 5.69 Å². The number of nitrogens with zero attached hydrogens (tertiary/aromatic N) is 1. The highest BCUT2D eigenvalue weighted by Crippen LogP contribution is 2.28. The minimum atomic E-state index is -0.0414. The molecule has 0 spiro atoms. The third-order valence-corrected chi connectivity index (χ3v) is 3.23. The summed E-state index contributed by atoms with van der Waals surface area (Å²) in [5, 5.41) is 2.86. The first-order chi connectivity index (χ1) is 9.16. The second-order valence-electron chi connectivity index (χ2n) is 5.22. The summed E-state index contributed by atoms with van der Waals surface area (Å²) in [6, 6.07) is 7.57. The standard InChI is InChI=1S/C15H22N2O2/c1-17(2)14-7-5-13(6-8-14)15(18)16-9-10-19-11-12-3-4-12/h5-8,12H,3-4,9-11H2,1-2H3,(H,16,18). The van der Waals surface area contributed by atoms with Crippen molar-refractivity contribution in [3.63, 3.8) is 0 Å². The van der Waals surface area contributed by atoms with Crippen LogP contribution in [0.5, 0.6) is 0 Å². The van der Waals surface area contributed by atoms with Gasteiger partial charge in [0, 0.05) is 38.5 Å². The largest absolute Gasteiger partial charge is 0.379 e. The highest BCUT2D eigenvalue weighted by atomic mass is 16.5. The summed E-state index contributed by atoms with van der Waals surface area (Å²) in [6.07, 6.45) is 2.59. The van der Waals surface area contributed by atoms with Crippen molar-refractivity contribution >= 4 is 11.6 Å². The molecule has 2 rings (SSSR count).